The van der Waals surface area contributed by atoms with Crippen LogP contribution in [-0.2, 0) is 9.84 Å². The second kappa shape index (κ2) is 6.73. The van der Waals surface area contributed by atoms with E-state index in [1.165, 1.54) is 24.3 Å². The Morgan fingerprint density at radius 1 is 1.26 bits per heavy atom. The number of nitrogens with zero attached hydrogens (tertiary/aromatic N) is 1. The average molecular weight is 358 g/mol. The van der Waals surface area contributed by atoms with E-state index in [9.17, 15) is 8.42 Å². The molecule has 0 heterocycles. The molecule has 0 aliphatic heterocycles. The monoisotopic (exact) mass is 356 g/mol. The average Bonchev–Trinajstić information content (AvgIpc) is 2.34. The van der Waals surface area contributed by atoms with Crippen molar-refractivity contribution in [1.82, 2.24) is 0 Å². The molecule has 0 aliphatic carbocycles. The number of sulfone groups is 1. The summed E-state index contributed by atoms with van der Waals surface area (Å²) in [5.74, 6) is 0. The lowest BCUT2D eigenvalue weighted by Gasteiger charge is -2.11. The van der Waals surface area contributed by atoms with E-state index in [-0.39, 0.29) is 4.90 Å². The number of nitrogens with one attached hydrogen (secondary N) is 1. The molecular weight excluding hydrogens is 351 g/mol. The fourth-order valence-electron chi connectivity index (χ4n) is 1.03. The van der Waals surface area contributed by atoms with Crippen molar-refractivity contribution in [1.29, 1.82) is 5.26 Å². The van der Waals surface area contributed by atoms with Gasteiger partial charge < -0.3 is 4.72 Å². The molecule has 0 aliphatic rings. The van der Waals surface area contributed by atoms with Crippen LogP contribution >= 0.6 is 46.8 Å². The molecule has 0 saturated heterocycles. The van der Waals surface area contributed by atoms with Gasteiger partial charge in [0.1, 0.15) is 0 Å². The Morgan fingerprint density at radius 3 is 2.32 bits per heavy atom. The van der Waals surface area contributed by atoms with E-state index in [0.29, 0.717) is 5.69 Å². The Labute approximate surface area is 130 Å². The second-order valence-corrected chi connectivity index (χ2v) is 8.96. The van der Waals surface area contributed by atoms with Crippen molar-refractivity contribution in [3.8, 4) is 6.07 Å². The predicted octanol–water partition coefficient (Wildman–Crippen LogP) is 3.89. The van der Waals surface area contributed by atoms with Crippen LogP contribution in [0.3, 0.4) is 0 Å². The summed E-state index contributed by atoms with van der Waals surface area (Å²) in [6.45, 7) is 0. The molecule has 0 unspecified atom stereocenters. The normalized spacial score (nSPS) is 12.3. The fraction of sp³-hybridized carbons (Fsp3) is 0.100. The third-order valence-electron chi connectivity index (χ3n) is 1.79. The van der Waals surface area contributed by atoms with Gasteiger partial charge in [0, 0.05) is 29.1 Å². The van der Waals surface area contributed by atoms with Gasteiger partial charge in [-0.15, -0.1) is 0 Å². The van der Waals surface area contributed by atoms with Gasteiger partial charge in [-0.3, -0.25) is 0 Å². The van der Waals surface area contributed by atoms with Crippen LogP contribution in [0, 0.1) is 11.3 Å². The Kier molecular flexibility index (Phi) is 5.83. The van der Waals surface area contributed by atoms with Crippen molar-refractivity contribution in [3.05, 3.63) is 35.7 Å². The van der Waals surface area contributed by atoms with Crippen molar-refractivity contribution in [3.63, 3.8) is 0 Å². The number of alkyl halides is 3. The summed E-state index contributed by atoms with van der Waals surface area (Å²) in [5, 5.41) is 9.15. The third kappa shape index (κ3) is 5.93. The number of halogens is 3. The van der Waals surface area contributed by atoms with Crippen LogP contribution in [0.15, 0.2) is 40.6 Å². The summed E-state index contributed by atoms with van der Waals surface area (Å²) in [5.41, 5.74) is 0.583. The van der Waals surface area contributed by atoms with Crippen LogP contribution in [0.4, 0.5) is 5.69 Å². The summed E-state index contributed by atoms with van der Waals surface area (Å²) in [4.78, 5) is 0.0726. The first-order valence-corrected chi connectivity index (χ1v) is 8.16. The number of benzene rings is 1. The van der Waals surface area contributed by atoms with Gasteiger partial charge >= 0.3 is 0 Å². The van der Waals surface area contributed by atoms with E-state index in [2.05, 4.69) is 4.72 Å². The predicted molar refractivity (Wildman–Crippen MR) is 79.9 cm³/mol. The minimum atomic E-state index is -3.60. The Balaban J connectivity index is 2.83. The number of nitriles is 1. The lowest BCUT2D eigenvalue weighted by Crippen LogP contribution is -2.01. The van der Waals surface area contributed by atoms with Crippen molar-refractivity contribution >= 4 is 62.3 Å². The van der Waals surface area contributed by atoms with Crippen molar-refractivity contribution in [2.75, 3.05) is 4.72 Å². The highest BCUT2D eigenvalue weighted by Gasteiger charge is 2.20. The summed E-state index contributed by atoms with van der Waals surface area (Å²) >= 11 is 17.5. The van der Waals surface area contributed by atoms with Gasteiger partial charge in [0.2, 0.25) is 9.84 Å². The minimum Gasteiger partial charge on any atom is -0.326 e. The molecule has 102 valence electrons. The van der Waals surface area contributed by atoms with E-state index < -0.39 is 13.0 Å². The topological polar surface area (TPSA) is 70.0 Å². The third-order valence-corrected chi connectivity index (χ3v) is 4.48. The van der Waals surface area contributed by atoms with Gasteiger partial charge in [-0.05, 0) is 24.3 Å². The number of anilines is 1. The molecule has 19 heavy (non-hydrogen) atoms. The van der Waals surface area contributed by atoms with Crippen LogP contribution in [0.5, 0.6) is 0 Å². The summed E-state index contributed by atoms with van der Waals surface area (Å²) in [6.07, 6.45) is 0.903. The van der Waals surface area contributed by atoms with E-state index in [1.54, 1.807) is 6.07 Å². The van der Waals surface area contributed by atoms with Crippen LogP contribution in [0.2, 0.25) is 0 Å². The lowest BCUT2D eigenvalue weighted by molar-refractivity contribution is 0.604. The molecule has 0 saturated carbocycles. The first-order valence-electron chi connectivity index (χ1n) is 4.67. The van der Waals surface area contributed by atoms with Crippen molar-refractivity contribution in [2.24, 2.45) is 0 Å². The molecule has 4 nitrogen and oxygen atoms in total. The van der Waals surface area contributed by atoms with Crippen LogP contribution in [0.25, 0.3) is 0 Å². The lowest BCUT2D eigenvalue weighted by atomic mass is 10.3. The molecule has 0 spiro atoms. The van der Waals surface area contributed by atoms with E-state index in [1.807, 2.05) is 0 Å². The largest absolute Gasteiger partial charge is 0.326 e. The minimum absolute atomic E-state index is 0.0726. The zero-order chi connectivity index (χ0) is 14.5. The maximum Gasteiger partial charge on any atom is 0.256 e. The Hall–Kier alpha value is -0.580. The SMILES string of the molecule is N#CC=CS(=O)(=O)c1ccc(NSC(Cl)(Cl)Cl)cc1. The molecule has 1 aromatic rings. The molecule has 0 aromatic heterocycles. The highest BCUT2D eigenvalue weighted by Crippen LogP contribution is 2.38. The van der Waals surface area contributed by atoms with E-state index >= 15 is 0 Å². The van der Waals surface area contributed by atoms with Gasteiger partial charge in [0.05, 0.1) is 11.0 Å². The van der Waals surface area contributed by atoms with Crippen molar-refractivity contribution in [2.45, 2.75) is 8.02 Å². The maximum atomic E-state index is 11.7. The molecule has 0 bridgehead atoms. The number of hydrogen-bond acceptors (Lipinski definition) is 5. The number of allylic oxidation sites excluding steroid dienone is 1. The maximum absolute atomic E-state index is 11.7. The zero-order valence-corrected chi connectivity index (χ0v) is 13.1. The molecular formula is C10H7Cl3N2O2S2. The second-order valence-electron chi connectivity index (χ2n) is 3.15. The molecule has 1 aromatic carbocycles. The highest BCUT2D eigenvalue weighted by molar-refractivity contribution is 8.05. The molecule has 9 heteroatoms. The first-order chi connectivity index (χ1) is 8.74. The van der Waals surface area contributed by atoms with E-state index in [0.717, 1.165) is 23.4 Å². The molecule has 1 N–H and O–H groups in total. The molecule has 0 amide bonds. The zero-order valence-electron chi connectivity index (χ0n) is 9.18. The summed E-state index contributed by atoms with van der Waals surface area (Å²) in [6, 6.07) is 7.45. The molecule has 1 rings (SSSR count). The van der Waals surface area contributed by atoms with Crippen LogP contribution in [-0.4, -0.2) is 11.5 Å². The van der Waals surface area contributed by atoms with Gasteiger partial charge in [0.25, 0.3) is 3.12 Å². The quantitative estimate of drug-likeness (QED) is 0.503. The standard InChI is InChI=1S/C10H7Cl3N2O2S2/c11-10(12,13)18-15-8-2-4-9(5-3-8)19(16,17)7-1-6-14/h1-5,7,15H. The first kappa shape index (κ1) is 16.5. The summed E-state index contributed by atoms with van der Waals surface area (Å²) in [7, 11) is -3.60. The summed E-state index contributed by atoms with van der Waals surface area (Å²) < 4.78 is 24.6. The van der Waals surface area contributed by atoms with Crippen LogP contribution in [0.1, 0.15) is 0 Å². The molecule has 0 radical (unpaired) electrons. The van der Waals surface area contributed by atoms with Gasteiger partial charge in [-0.2, -0.15) is 5.26 Å². The van der Waals surface area contributed by atoms with Crippen molar-refractivity contribution < 1.29 is 8.42 Å². The van der Waals surface area contributed by atoms with E-state index in [4.69, 9.17) is 40.1 Å². The molecule has 0 atom stereocenters. The van der Waals surface area contributed by atoms with Crippen LogP contribution < -0.4 is 4.72 Å². The number of rotatable bonds is 4. The fourth-order valence-corrected chi connectivity index (χ4v) is 2.66. The Bertz CT molecular complexity index is 601. The van der Waals surface area contributed by atoms with Gasteiger partial charge in [0.15, 0.2) is 0 Å². The Morgan fingerprint density at radius 2 is 1.84 bits per heavy atom. The number of hydrogen-bond donors (Lipinski definition) is 1. The van der Waals surface area contributed by atoms with Gasteiger partial charge in [-0.1, -0.05) is 34.8 Å². The van der Waals surface area contributed by atoms with Gasteiger partial charge in [-0.25, -0.2) is 8.42 Å². The molecule has 0 fully saturated rings. The highest BCUT2D eigenvalue weighted by atomic mass is 35.6. The smallest absolute Gasteiger partial charge is 0.256 e.